The standard InChI is InChI=1S/C17H16F4N2O2/c1-24-11-5-6-12(25-2)9(7-11)8-23(10-3-4-10)15-13(18)16(20)22-17(21)14(15)19/h5-7,10H,3-4,8H2,1-2H3. The van der Waals surface area contributed by atoms with Crippen molar-refractivity contribution in [2.45, 2.75) is 25.4 Å². The molecule has 0 spiro atoms. The average molecular weight is 356 g/mol. The highest BCUT2D eigenvalue weighted by molar-refractivity contribution is 5.53. The summed E-state index contributed by atoms with van der Waals surface area (Å²) >= 11 is 0. The summed E-state index contributed by atoms with van der Waals surface area (Å²) in [5.74, 6) is -5.35. The van der Waals surface area contributed by atoms with E-state index < -0.39 is 29.2 Å². The van der Waals surface area contributed by atoms with Gasteiger partial charge in [-0.2, -0.15) is 22.5 Å². The molecule has 8 heteroatoms. The molecule has 0 saturated heterocycles. The lowest BCUT2D eigenvalue weighted by Crippen LogP contribution is -2.28. The van der Waals surface area contributed by atoms with Gasteiger partial charge in [0.1, 0.15) is 17.2 Å². The third-order valence-corrected chi connectivity index (χ3v) is 4.08. The minimum atomic E-state index is -1.67. The van der Waals surface area contributed by atoms with Crippen LogP contribution < -0.4 is 14.4 Å². The zero-order valence-corrected chi connectivity index (χ0v) is 13.7. The van der Waals surface area contributed by atoms with Gasteiger partial charge < -0.3 is 14.4 Å². The first-order valence-electron chi connectivity index (χ1n) is 7.63. The molecule has 0 N–H and O–H groups in total. The Kier molecular flexibility index (Phi) is 4.69. The molecule has 1 aliphatic rings. The Hall–Kier alpha value is -2.51. The fraction of sp³-hybridized carbons (Fsp3) is 0.353. The van der Waals surface area contributed by atoms with Crippen LogP contribution in [-0.4, -0.2) is 25.2 Å². The molecule has 1 saturated carbocycles. The van der Waals surface area contributed by atoms with Crippen LogP contribution in [0.2, 0.25) is 0 Å². The Labute approximate surface area is 142 Å². The molecule has 3 rings (SSSR count). The van der Waals surface area contributed by atoms with Gasteiger partial charge in [0.05, 0.1) is 14.2 Å². The van der Waals surface area contributed by atoms with Crippen LogP contribution in [0.4, 0.5) is 23.2 Å². The second kappa shape index (κ2) is 6.78. The maximum absolute atomic E-state index is 14.2. The molecule has 25 heavy (non-hydrogen) atoms. The van der Waals surface area contributed by atoms with Gasteiger partial charge in [0.25, 0.3) is 11.9 Å². The molecule has 0 bridgehead atoms. The van der Waals surface area contributed by atoms with Crippen molar-refractivity contribution in [3.8, 4) is 11.5 Å². The number of pyridine rings is 1. The van der Waals surface area contributed by atoms with Gasteiger partial charge in [-0.15, -0.1) is 0 Å². The van der Waals surface area contributed by atoms with Gasteiger partial charge in [-0.05, 0) is 31.0 Å². The minimum Gasteiger partial charge on any atom is -0.497 e. The van der Waals surface area contributed by atoms with Crippen LogP contribution in [0.1, 0.15) is 18.4 Å². The summed E-state index contributed by atoms with van der Waals surface area (Å²) in [6, 6.07) is 4.76. The van der Waals surface area contributed by atoms with Crippen molar-refractivity contribution in [3.63, 3.8) is 0 Å². The summed E-state index contributed by atoms with van der Waals surface area (Å²) < 4.78 is 65.8. The van der Waals surface area contributed by atoms with E-state index in [0.29, 0.717) is 29.9 Å². The molecule has 0 atom stereocenters. The molecule has 1 aliphatic carbocycles. The third-order valence-electron chi connectivity index (χ3n) is 4.08. The smallest absolute Gasteiger partial charge is 0.253 e. The van der Waals surface area contributed by atoms with Gasteiger partial charge in [0.15, 0.2) is 0 Å². The molecular formula is C17H16F4N2O2. The lowest BCUT2D eigenvalue weighted by Gasteiger charge is -2.26. The Balaban J connectivity index is 2.05. The van der Waals surface area contributed by atoms with Crippen LogP contribution >= 0.6 is 0 Å². The highest BCUT2D eigenvalue weighted by Gasteiger charge is 2.35. The van der Waals surface area contributed by atoms with Crippen molar-refractivity contribution >= 4 is 5.69 Å². The molecule has 0 amide bonds. The van der Waals surface area contributed by atoms with E-state index in [1.54, 1.807) is 18.2 Å². The van der Waals surface area contributed by atoms with Gasteiger partial charge in [0, 0.05) is 18.2 Å². The number of ether oxygens (including phenoxy) is 2. The second-order valence-corrected chi connectivity index (χ2v) is 5.71. The molecule has 1 aromatic heterocycles. The predicted octanol–water partition coefficient (Wildman–Crippen LogP) is 3.82. The number of nitrogens with zero attached hydrogens (tertiary/aromatic N) is 2. The van der Waals surface area contributed by atoms with Crippen molar-refractivity contribution in [2.24, 2.45) is 0 Å². The number of hydrogen-bond acceptors (Lipinski definition) is 4. The normalized spacial score (nSPS) is 13.7. The van der Waals surface area contributed by atoms with Crippen molar-refractivity contribution in [1.82, 2.24) is 4.98 Å². The Bertz CT molecular complexity index is 770. The van der Waals surface area contributed by atoms with Crippen molar-refractivity contribution in [2.75, 3.05) is 19.1 Å². The zero-order chi connectivity index (χ0) is 18.1. The number of aromatic nitrogens is 1. The molecule has 1 fully saturated rings. The van der Waals surface area contributed by atoms with Crippen LogP contribution in [0.25, 0.3) is 0 Å². The number of anilines is 1. The van der Waals surface area contributed by atoms with Gasteiger partial charge in [0.2, 0.25) is 11.6 Å². The molecule has 0 radical (unpaired) electrons. The van der Waals surface area contributed by atoms with Crippen LogP contribution in [-0.2, 0) is 6.54 Å². The molecule has 1 aromatic carbocycles. The van der Waals surface area contributed by atoms with Crippen LogP contribution in [0.15, 0.2) is 18.2 Å². The minimum absolute atomic E-state index is 0.00176. The van der Waals surface area contributed by atoms with E-state index in [1.165, 1.54) is 19.1 Å². The SMILES string of the molecule is COc1ccc(OC)c(CN(c2c(F)c(F)nc(F)c2F)C2CC2)c1. The third kappa shape index (κ3) is 3.33. The lowest BCUT2D eigenvalue weighted by molar-refractivity contribution is 0.395. The number of hydrogen-bond donors (Lipinski definition) is 0. The zero-order valence-electron chi connectivity index (χ0n) is 13.7. The molecule has 1 heterocycles. The summed E-state index contributed by atoms with van der Waals surface area (Å²) in [5.41, 5.74) is -0.178. The van der Waals surface area contributed by atoms with E-state index >= 15 is 0 Å². The van der Waals surface area contributed by atoms with E-state index in [2.05, 4.69) is 4.98 Å². The van der Waals surface area contributed by atoms with Gasteiger partial charge >= 0.3 is 0 Å². The molecule has 2 aromatic rings. The quantitative estimate of drug-likeness (QED) is 0.582. The summed E-state index contributed by atoms with van der Waals surface area (Å²) in [7, 11) is 2.94. The highest BCUT2D eigenvalue weighted by atomic mass is 19.2. The van der Waals surface area contributed by atoms with E-state index in [0.717, 1.165) is 0 Å². The Morgan fingerprint density at radius 3 is 2.20 bits per heavy atom. The molecule has 0 aliphatic heterocycles. The van der Waals surface area contributed by atoms with Gasteiger partial charge in [-0.3, -0.25) is 0 Å². The van der Waals surface area contributed by atoms with E-state index in [4.69, 9.17) is 9.47 Å². The van der Waals surface area contributed by atoms with Gasteiger partial charge in [-0.25, -0.2) is 0 Å². The topological polar surface area (TPSA) is 34.6 Å². The number of methoxy groups -OCH3 is 2. The molecule has 0 unspecified atom stereocenters. The Morgan fingerprint density at radius 1 is 1.04 bits per heavy atom. The van der Waals surface area contributed by atoms with E-state index in [1.807, 2.05) is 0 Å². The maximum Gasteiger partial charge on any atom is 0.253 e. The summed E-state index contributed by atoms with van der Waals surface area (Å²) in [5, 5.41) is 0. The fourth-order valence-corrected chi connectivity index (χ4v) is 2.69. The molecular weight excluding hydrogens is 340 g/mol. The van der Waals surface area contributed by atoms with Crippen LogP contribution in [0.5, 0.6) is 11.5 Å². The maximum atomic E-state index is 14.2. The number of halogens is 4. The van der Waals surface area contributed by atoms with Crippen LogP contribution in [0, 0.1) is 23.5 Å². The largest absolute Gasteiger partial charge is 0.497 e. The van der Waals surface area contributed by atoms with Crippen molar-refractivity contribution in [1.29, 1.82) is 0 Å². The summed E-state index contributed by atoms with van der Waals surface area (Å²) in [4.78, 5) is 3.91. The second-order valence-electron chi connectivity index (χ2n) is 5.71. The first-order valence-corrected chi connectivity index (χ1v) is 7.63. The average Bonchev–Trinajstić information content (AvgIpc) is 3.44. The number of benzene rings is 1. The first-order chi connectivity index (χ1) is 12.0. The molecule has 4 nitrogen and oxygen atoms in total. The highest BCUT2D eigenvalue weighted by Crippen LogP contribution is 2.38. The number of rotatable bonds is 6. The van der Waals surface area contributed by atoms with Crippen LogP contribution in [0.3, 0.4) is 0 Å². The predicted molar refractivity (Wildman–Crippen MR) is 82.8 cm³/mol. The van der Waals surface area contributed by atoms with Gasteiger partial charge in [-0.1, -0.05) is 0 Å². The van der Waals surface area contributed by atoms with Crippen molar-refractivity contribution in [3.05, 3.63) is 47.3 Å². The summed E-state index contributed by atoms with van der Waals surface area (Å²) in [6.45, 7) is 0.00176. The van der Waals surface area contributed by atoms with E-state index in [9.17, 15) is 17.6 Å². The fourth-order valence-electron chi connectivity index (χ4n) is 2.69. The monoisotopic (exact) mass is 356 g/mol. The van der Waals surface area contributed by atoms with Crippen molar-refractivity contribution < 1.29 is 27.0 Å². The summed E-state index contributed by atoms with van der Waals surface area (Å²) in [6.07, 6.45) is 1.33. The lowest BCUT2D eigenvalue weighted by atomic mass is 10.1. The Morgan fingerprint density at radius 2 is 1.68 bits per heavy atom. The van der Waals surface area contributed by atoms with E-state index in [-0.39, 0.29) is 12.6 Å². The molecule has 134 valence electrons. The first kappa shape index (κ1) is 17.3.